The van der Waals surface area contributed by atoms with Crippen LogP contribution in [0, 0.1) is 11.3 Å². The fourth-order valence-corrected chi connectivity index (χ4v) is 4.57. The third-order valence-corrected chi connectivity index (χ3v) is 6.14. The van der Waals surface area contributed by atoms with Crippen molar-refractivity contribution in [3.8, 4) is 17.3 Å². The molecule has 8 heteroatoms. The summed E-state index contributed by atoms with van der Waals surface area (Å²) in [5.41, 5.74) is 1.50. The van der Waals surface area contributed by atoms with Crippen LogP contribution >= 0.6 is 0 Å². The Morgan fingerprint density at radius 2 is 1.94 bits per heavy atom. The second-order valence-electron chi connectivity index (χ2n) is 8.06. The highest BCUT2D eigenvalue weighted by atomic mass is 19.4. The van der Waals surface area contributed by atoms with Crippen LogP contribution in [0.4, 0.5) is 13.2 Å². The van der Waals surface area contributed by atoms with E-state index in [2.05, 4.69) is 11.1 Å². The summed E-state index contributed by atoms with van der Waals surface area (Å²) < 4.78 is 47.1. The van der Waals surface area contributed by atoms with Crippen molar-refractivity contribution in [1.29, 1.82) is 5.26 Å². The Kier molecular flexibility index (Phi) is 4.41. The maximum Gasteiger partial charge on any atom is 0.412 e. The van der Waals surface area contributed by atoms with E-state index in [1.54, 1.807) is 30.3 Å². The summed E-state index contributed by atoms with van der Waals surface area (Å²) in [4.78, 5) is 17.4. The predicted octanol–water partition coefficient (Wildman–Crippen LogP) is 4.47. The van der Waals surface area contributed by atoms with Crippen molar-refractivity contribution in [3.63, 3.8) is 0 Å². The minimum absolute atomic E-state index is 0.103. The third kappa shape index (κ3) is 3.29. The minimum Gasteiger partial charge on any atom is -0.364 e. The Hall–Kier alpha value is -3.18. The molecule has 0 bridgehead atoms. The predicted molar refractivity (Wildman–Crippen MR) is 107 cm³/mol. The van der Waals surface area contributed by atoms with Crippen molar-refractivity contribution in [2.75, 3.05) is 6.61 Å². The molecule has 1 aliphatic heterocycles. The summed E-state index contributed by atoms with van der Waals surface area (Å²) in [6, 6.07) is 8.83. The molecule has 0 radical (unpaired) electrons. The van der Waals surface area contributed by atoms with Crippen LogP contribution in [0.15, 0.2) is 46.8 Å². The summed E-state index contributed by atoms with van der Waals surface area (Å²) in [6.07, 6.45) is 0.485. The zero-order valence-electron chi connectivity index (χ0n) is 16.5. The molecule has 2 heterocycles. The first-order valence-corrected chi connectivity index (χ1v) is 10.1. The van der Waals surface area contributed by atoms with Crippen LogP contribution in [0.25, 0.3) is 17.0 Å². The van der Waals surface area contributed by atoms with Gasteiger partial charge in [0.25, 0.3) is 0 Å². The number of aromatic nitrogens is 2. The van der Waals surface area contributed by atoms with E-state index < -0.39 is 23.0 Å². The van der Waals surface area contributed by atoms with Crippen molar-refractivity contribution in [3.05, 3.63) is 69.3 Å². The number of allylic oxidation sites excluding steroid dienone is 4. The SMILES string of the molecule is N#Cc1ccc(-c2nc(=O)n(C3=CCCC(C(F)(F)F)=C3)c3c2C2(CCC3)CO2)cc1. The molecule has 1 unspecified atom stereocenters. The van der Waals surface area contributed by atoms with Crippen molar-refractivity contribution in [1.82, 2.24) is 9.55 Å². The highest BCUT2D eigenvalue weighted by Gasteiger charge is 2.52. The number of hydrogen-bond acceptors (Lipinski definition) is 4. The highest BCUT2D eigenvalue weighted by molar-refractivity contribution is 5.70. The number of fused-ring (bicyclic) bond motifs is 2. The van der Waals surface area contributed by atoms with Gasteiger partial charge in [0.1, 0.15) is 5.60 Å². The Bertz CT molecular complexity index is 1230. The Morgan fingerprint density at radius 3 is 2.58 bits per heavy atom. The topological polar surface area (TPSA) is 71.2 Å². The van der Waals surface area contributed by atoms with E-state index in [0.29, 0.717) is 35.5 Å². The number of hydrogen-bond donors (Lipinski definition) is 0. The van der Waals surface area contributed by atoms with Crippen molar-refractivity contribution >= 4 is 5.70 Å². The van der Waals surface area contributed by atoms with Crippen LogP contribution in [-0.2, 0) is 16.8 Å². The Balaban J connectivity index is 1.72. The molecular weight excluding hydrogens is 407 g/mol. The van der Waals surface area contributed by atoms with Gasteiger partial charge in [-0.15, -0.1) is 0 Å². The molecule has 5 rings (SSSR count). The number of nitrogens with zero attached hydrogens (tertiary/aromatic N) is 3. The summed E-state index contributed by atoms with van der Waals surface area (Å²) in [7, 11) is 0. The minimum atomic E-state index is -4.43. The van der Waals surface area contributed by atoms with Crippen molar-refractivity contribution in [2.45, 2.75) is 43.9 Å². The number of halogens is 3. The molecule has 158 valence electrons. The molecule has 3 aliphatic rings. The fraction of sp³-hybridized carbons (Fsp3) is 0.348. The van der Waals surface area contributed by atoms with E-state index in [4.69, 9.17) is 10.00 Å². The molecule has 5 nitrogen and oxygen atoms in total. The molecule has 0 amide bonds. The number of rotatable bonds is 2. The van der Waals surface area contributed by atoms with E-state index >= 15 is 0 Å². The van der Waals surface area contributed by atoms with E-state index in [0.717, 1.165) is 24.5 Å². The molecule has 31 heavy (non-hydrogen) atoms. The molecule has 2 aromatic rings. The lowest BCUT2D eigenvalue weighted by atomic mass is 9.82. The van der Waals surface area contributed by atoms with Crippen molar-refractivity contribution in [2.24, 2.45) is 0 Å². The molecule has 0 N–H and O–H groups in total. The van der Waals surface area contributed by atoms with Crippen molar-refractivity contribution < 1.29 is 17.9 Å². The second kappa shape index (κ2) is 6.92. The molecule has 1 aromatic carbocycles. The molecule has 1 saturated heterocycles. The number of benzene rings is 1. The summed E-state index contributed by atoms with van der Waals surface area (Å²) in [5, 5.41) is 9.06. The Morgan fingerprint density at radius 1 is 1.19 bits per heavy atom. The average molecular weight is 425 g/mol. The molecule has 1 spiro atoms. The first-order chi connectivity index (χ1) is 14.8. The quantitative estimate of drug-likeness (QED) is 0.666. The zero-order valence-corrected chi connectivity index (χ0v) is 16.5. The monoisotopic (exact) mass is 425 g/mol. The normalized spacial score (nSPS) is 22.4. The van der Waals surface area contributed by atoms with Gasteiger partial charge in [0.2, 0.25) is 0 Å². The van der Waals surface area contributed by atoms with E-state index in [-0.39, 0.29) is 18.5 Å². The fourth-order valence-electron chi connectivity index (χ4n) is 4.57. The lowest BCUT2D eigenvalue weighted by Crippen LogP contribution is -2.33. The van der Waals surface area contributed by atoms with Gasteiger partial charge in [-0.3, -0.25) is 4.57 Å². The summed E-state index contributed by atoms with van der Waals surface area (Å²) in [6.45, 7) is 0.492. The van der Waals surface area contributed by atoms with Crippen LogP contribution in [-0.4, -0.2) is 22.3 Å². The number of alkyl halides is 3. The molecule has 1 atom stereocenters. The largest absolute Gasteiger partial charge is 0.412 e. The summed E-state index contributed by atoms with van der Waals surface area (Å²) in [5.74, 6) is 0. The molecule has 1 fully saturated rings. The number of nitriles is 1. The van der Waals surface area contributed by atoms with Gasteiger partial charge < -0.3 is 4.74 Å². The smallest absolute Gasteiger partial charge is 0.364 e. The summed E-state index contributed by atoms with van der Waals surface area (Å²) >= 11 is 0. The number of ether oxygens (including phenoxy) is 1. The molecule has 2 aliphatic carbocycles. The standard InChI is InChI=1S/C23H18F3N3O2/c24-23(25,26)16-3-1-4-17(11-16)29-18-5-2-10-22(13-31-22)19(18)20(28-21(29)30)15-8-6-14(12-27)7-9-15/h4,6-9,11H,1-3,5,10,13H2. The van der Waals surface area contributed by atoms with E-state index in [1.807, 2.05) is 0 Å². The molecular formula is C23H18F3N3O2. The first kappa shape index (κ1) is 19.8. The Labute approximate surface area is 176 Å². The van der Waals surface area contributed by atoms with Gasteiger partial charge in [-0.1, -0.05) is 18.2 Å². The van der Waals surface area contributed by atoms with E-state index in [9.17, 15) is 18.0 Å². The van der Waals surface area contributed by atoms with Gasteiger partial charge in [0.05, 0.1) is 23.9 Å². The van der Waals surface area contributed by atoms with E-state index in [1.165, 1.54) is 4.57 Å². The average Bonchev–Trinajstić information content (AvgIpc) is 3.52. The third-order valence-electron chi connectivity index (χ3n) is 6.14. The van der Waals surface area contributed by atoms with Gasteiger partial charge in [0, 0.05) is 28.1 Å². The zero-order chi connectivity index (χ0) is 21.8. The lowest BCUT2D eigenvalue weighted by Gasteiger charge is -2.29. The van der Waals surface area contributed by atoms with Gasteiger partial charge in [-0.05, 0) is 50.3 Å². The van der Waals surface area contributed by atoms with Gasteiger partial charge in [-0.2, -0.15) is 23.4 Å². The second-order valence-corrected chi connectivity index (χ2v) is 8.06. The molecule has 0 saturated carbocycles. The van der Waals surface area contributed by atoms with Gasteiger partial charge in [0.15, 0.2) is 0 Å². The maximum atomic E-state index is 13.3. The van der Waals surface area contributed by atoms with Crippen LogP contribution in [0.3, 0.4) is 0 Å². The van der Waals surface area contributed by atoms with Gasteiger partial charge >= 0.3 is 11.9 Å². The maximum absolute atomic E-state index is 13.3. The van der Waals surface area contributed by atoms with Crippen LogP contribution in [0.1, 0.15) is 42.5 Å². The van der Waals surface area contributed by atoms with Crippen LogP contribution < -0.4 is 5.69 Å². The highest BCUT2D eigenvalue weighted by Crippen LogP contribution is 2.51. The van der Waals surface area contributed by atoms with Crippen LogP contribution in [0.2, 0.25) is 0 Å². The van der Waals surface area contributed by atoms with Crippen LogP contribution in [0.5, 0.6) is 0 Å². The van der Waals surface area contributed by atoms with Gasteiger partial charge in [-0.25, -0.2) is 4.79 Å². The first-order valence-electron chi connectivity index (χ1n) is 10.1. The number of epoxide rings is 1. The lowest BCUT2D eigenvalue weighted by molar-refractivity contribution is -0.0940. The molecule has 1 aromatic heterocycles.